The molecule has 1 aliphatic heterocycles. The van der Waals surface area contributed by atoms with Crippen LogP contribution in [0.25, 0.3) is 0 Å². The average Bonchev–Trinajstić information content (AvgIpc) is 2.82. The summed E-state index contributed by atoms with van der Waals surface area (Å²) in [7, 11) is 1.79. The van der Waals surface area contributed by atoms with Crippen LogP contribution >= 0.6 is 0 Å². The Labute approximate surface area is 144 Å². The van der Waals surface area contributed by atoms with Crippen molar-refractivity contribution in [3.05, 3.63) is 58.1 Å². The molecule has 1 atom stereocenters. The number of anilines is 1. The lowest BCUT2D eigenvalue weighted by Gasteiger charge is -2.21. The van der Waals surface area contributed by atoms with E-state index in [0.29, 0.717) is 5.82 Å². The fraction of sp³-hybridized carbons (Fsp3) is 0.500. The van der Waals surface area contributed by atoms with Gasteiger partial charge in [0.15, 0.2) is 5.82 Å². The molecule has 0 radical (unpaired) electrons. The van der Waals surface area contributed by atoms with E-state index < -0.39 is 0 Å². The van der Waals surface area contributed by atoms with Crippen molar-refractivity contribution < 1.29 is 0 Å². The second-order valence-electron chi connectivity index (χ2n) is 6.92. The number of aryl methyl sites for hydroxylation is 3. The van der Waals surface area contributed by atoms with E-state index >= 15 is 0 Å². The molecule has 0 bridgehead atoms. The van der Waals surface area contributed by atoms with Crippen molar-refractivity contribution in [1.29, 1.82) is 0 Å². The topological polar surface area (TPSA) is 38.1 Å². The van der Waals surface area contributed by atoms with Gasteiger partial charge in [-0.05, 0) is 56.1 Å². The molecule has 24 heavy (non-hydrogen) atoms. The zero-order valence-electron chi connectivity index (χ0n) is 14.7. The van der Waals surface area contributed by atoms with Gasteiger partial charge in [-0.3, -0.25) is 4.79 Å². The van der Waals surface area contributed by atoms with Gasteiger partial charge in [-0.15, -0.1) is 0 Å². The summed E-state index contributed by atoms with van der Waals surface area (Å²) in [6.07, 6.45) is 9.35. The molecule has 1 aromatic heterocycles. The predicted octanol–water partition coefficient (Wildman–Crippen LogP) is 3.33. The Morgan fingerprint density at radius 1 is 1.21 bits per heavy atom. The summed E-state index contributed by atoms with van der Waals surface area (Å²) in [5.74, 6) is 1.35. The zero-order chi connectivity index (χ0) is 16.9. The first-order chi connectivity index (χ1) is 11.6. The first-order valence-electron chi connectivity index (χ1n) is 8.96. The van der Waals surface area contributed by atoms with E-state index in [1.807, 2.05) is 0 Å². The molecule has 1 fully saturated rings. The number of rotatable bonds is 4. The van der Waals surface area contributed by atoms with E-state index in [2.05, 4.69) is 41.1 Å². The van der Waals surface area contributed by atoms with Crippen LogP contribution in [0.5, 0.6) is 0 Å². The monoisotopic (exact) mass is 325 g/mol. The largest absolute Gasteiger partial charge is 0.352 e. The lowest BCUT2D eigenvalue weighted by Crippen LogP contribution is -2.33. The highest BCUT2D eigenvalue weighted by Gasteiger charge is 2.20. The molecular weight excluding hydrogens is 298 g/mol. The number of aromatic nitrogens is 2. The molecule has 0 saturated carbocycles. The lowest BCUT2D eigenvalue weighted by atomic mass is 9.92. The normalized spacial score (nSPS) is 18.4. The second kappa shape index (κ2) is 7.65. The standard InChI is InChI=1S/C20H27N3O/c1-16-6-3-4-8-18(16)10-9-17-7-5-13-23(14-11-17)19-20(24)22(2)15-12-21-19/h3-4,6,8,12,15,17H,5,7,9-11,13-14H2,1-2H3. The van der Waals surface area contributed by atoms with Crippen LogP contribution in [0, 0.1) is 12.8 Å². The third-order valence-electron chi connectivity index (χ3n) is 5.23. The first kappa shape index (κ1) is 16.7. The Hall–Kier alpha value is -2.10. The molecule has 4 nitrogen and oxygen atoms in total. The van der Waals surface area contributed by atoms with Crippen molar-refractivity contribution in [2.24, 2.45) is 13.0 Å². The van der Waals surface area contributed by atoms with Crippen molar-refractivity contribution in [2.45, 2.75) is 39.0 Å². The van der Waals surface area contributed by atoms with E-state index in [-0.39, 0.29) is 5.56 Å². The minimum atomic E-state index is 0.0101. The molecule has 0 aliphatic carbocycles. The van der Waals surface area contributed by atoms with Crippen molar-refractivity contribution in [1.82, 2.24) is 9.55 Å². The van der Waals surface area contributed by atoms with Gasteiger partial charge in [-0.1, -0.05) is 24.3 Å². The molecule has 2 heterocycles. The van der Waals surface area contributed by atoms with Crippen LogP contribution in [-0.4, -0.2) is 22.6 Å². The highest BCUT2D eigenvalue weighted by Crippen LogP contribution is 2.24. The number of hydrogen-bond donors (Lipinski definition) is 0. The van der Waals surface area contributed by atoms with Crippen molar-refractivity contribution in [3.8, 4) is 0 Å². The molecule has 2 aromatic rings. The molecule has 128 valence electrons. The van der Waals surface area contributed by atoms with Crippen LogP contribution in [0.2, 0.25) is 0 Å². The molecule has 0 spiro atoms. The average molecular weight is 325 g/mol. The fourth-order valence-electron chi connectivity index (χ4n) is 3.62. The fourth-order valence-corrected chi connectivity index (χ4v) is 3.62. The van der Waals surface area contributed by atoms with Gasteiger partial charge in [-0.2, -0.15) is 0 Å². The maximum absolute atomic E-state index is 12.3. The van der Waals surface area contributed by atoms with Gasteiger partial charge < -0.3 is 9.47 Å². The van der Waals surface area contributed by atoms with E-state index in [4.69, 9.17) is 0 Å². The molecule has 1 aliphatic rings. The van der Waals surface area contributed by atoms with E-state index in [1.54, 1.807) is 24.0 Å². The van der Waals surface area contributed by atoms with Gasteiger partial charge in [0, 0.05) is 32.5 Å². The van der Waals surface area contributed by atoms with Crippen LogP contribution in [-0.2, 0) is 13.5 Å². The summed E-state index contributed by atoms with van der Waals surface area (Å²) >= 11 is 0. The first-order valence-corrected chi connectivity index (χ1v) is 8.96. The van der Waals surface area contributed by atoms with Crippen LogP contribution in [0.1, 0.15) is 36.8 Å². The summed E-state index contributed by atoms with van der Waals surface area (Å²) in [6.45, 7) is 4.07. The summed E-state index contributed by atoms with van der Waals surface area (Å²) in [5, 5.41) is 0. The smallest absolute Gasteiger partial charge is 0.293 e. The van der Waals surface area contributed by atoms with Crippen LogP contribution < -0.4 is 10.5 Å². The van der Waals surface area contributed by atoms with Crippen molar-refractivity contribution >= 4 is 5.82 Å². The Kier molecular flexibility index (Phi) is 5.34. The molecule has 3 rings (SSSR count). The molecule has 4 heteroatoms. The number of hydrogen-bond acceptors (Lipinski definition) is 3. The maximum Gasteiger partial charge on any atom is 0.293 e. The Morgan fingerprint density at radius 3 is 2.88 bits per heavy atom. The van der Waals surface area contributed by atoms with Gasteiger partial charge in [0.05, 0.1) is 0 Å². The van der Waals surface area contributed by atoms with Gasteiger partial charge in [0.1, 0.15) is 0 Å². The Balaban J connectivity index is 1.60. The molecular formula is C20H27N3O. The summed E-state index contributed by atoms with van der Waals surface area (Å²) in [4.78, 5) is 18.8. The number of benzene rings is 1. The highest BCUT2D eigenvalue weighted by molar-refractivity contribution is 5.35. The zero-order valence-corrected chi connectivity index (χ0v) is 14.7. The van der Waals surface area contributed by atoms with Crippen molar-refractivity contribution in [2.75, 3.05) is 18.0 Å². The Morgan fingerprint density at radius 2 is 2.04 bits per heavy atom. The third kappa shape index (κ3) is 3.86. The molecule has 1 unspecified atom stereocenters. The van der Waals surface area contributed by atoms with Gasteiger partial charge >= 0.3 is 0 Å². The second-order valence-corrected chi connectivity index (χ2v) is 6.92. The number of nitrogens with zero attached hydrogens (tertiary/aromatic N) is 3. The Bertz CT molecular complexity index is 738. The predicted molar refractivity (Wildman–Crippen MR) is 98.5 cm³/mol. The molecule has 1 saturated heterocycles. The highest BCUT2D eigenvalue weighted by atomic mass is 16.1. The minimum Gasteiger partial charge on any atom is -0.352 e. The molecule has 0 amide bonds. The minimum absolute atomic E-state index is 0.0101. The van der Waals surface area contributed by atoms with Gasteiger partial charge in [0.25, 0.3) is 5.56 Å². The summed E-state index contributed by atoms with van der Waals surface area (Å²) in [6, 6.07) is 8.68. The van der Waals surface area contributed by atoms with E-state index in [9.17, 15) is 4.79 Å². The van der Waals surface area contributed by atoms with Crippen molar-refractivity contribution in [3.63, 3.8) is 0 Å². The maximum atomic E-state index is 12.3. The molecule has 0 N–H and O–H groups in total. The summed E-state index contributed by atoms with van der Waals surface area (Å²) in [5.41, 5.74) is 2.87. The van der Waals surface area contributed by atoms with Crippen LogP contribution in [0.3, 0.4) is 0 Å². The van der Waals surface area contributed by atoms with Crippen LogP contribution in [0.4, 0.5) is 5.82 Å². The van der Waals surface area contributed by atoms with E-state index in [0.717, 1.165) is 38.3 Å². The third-order valence-corrected chi connectivity index (χ3v) is 5.23. The van der Waals surface area contributed by atoms with Crippen LogP contribution in [0.15, 0.2) is 41.5 Å². The quantitative estimate of drug-likeness (QED) is 0.865. The SMILES string of the molecule is Cc1ccccc1CCC1CCCN(c2nccn(C)c2=O)CC1. The van der Waals surface area contributed by atoms with Gasteiger partial charge in [0.2, 0.25) is 0 Å². The van der Waals surface area contributed by atoms with E-state index in [1.165, 1.54) is 24.0 Å². The van der Waals surface area contributed by atoms with Gasteiger partial charge in [-0.25, -0.2) is 4.98 Å². The summed E-state index contributed by atoms with van der Waals surface area (Å²) < 4.78 is 1.61. The lowest BCUT2D eigenvalue weighted by molar-refractivity contribution is 0.440. The molecule has 1 aromatic carbocycles.